The van der Waals surface area contributed by atoms with Gasteiger partial charge < -0.3 is 10.2 Å². The fourth-order valence-electron chi connectivity index (χ4n) is 4.38. The van der Waals surface area contributed by atoms with Gasteiger partial charge in [-0.15, -0.1) is 0 Å². The van der Waals surface area contributed by atoms with Gasteiger partial charge in [-0.05, 0) is 89.2 Å². The van der Waals surface area contributed by atoms with Crippen molar-refractivity contribution in [3.8, 4) is 11.5 Å². The van der Waals surface area contributed by atoms with Crippen molar-refractivity contribution in [3.63, 3.8) is 0 Å². The first-order valence-corrected chi connectivity index (χ1v) is 10.8. The fourth-order valence-corrected chi connectivity index (χ4v) is 4.38. The molecule has 0 aromatic heterocycles. The Morgan fingerprint density at radius 1 is 0.533 bits per heavy atom. The van der Waals surface area contributed by atoms with E-state index in [2.05, 4.69) is 71.0 Å². The summed E-state index contributed by atoms with van der Waals surface area (Å²) in [4.78, 5) is 0. The van der Waals surface area contributed by atoms with Crippen molar-refractivity contribution in [2.45, 2.75) is 66.2 Å². The molecule has 0 heterocycles. The molecule has 30 heavy (non-hydrogen) atoms. The molecule has 0 amide bonds. The molecule has 0 saturated carbocycles. The molecule has 2 nitrogen and oxygen atoms in total. The maximum atomic E-state index is 10.4. The van der Waals surface area contributed by atoms with Gasteiger partial charge in [0.2, 0.25) is 0 Å². The van der Waals surface area contributed by atoms with Crippen LogP contribution in [0.4, 0.5) is 0 Å². The third kappa shape index (κ3) is 4.09. The molecule has 2 heteroatoms. The van der Waals surface area contributed by atoms with Gasteiger partial charge in [0.15, 0.2) is 0 Å². The van der Waals surface area contributed by atoms with Crippen LogP contribution in [-0.4, -0.2) is 10.2 Å². The van der Waals surface area contributed by atoms with Crippen LogP contribution in [0.3, 0.4) is 0 Å². The SMILES string of the molecule is Cc1cc(C(c2ccccc2C)c2cc(C)c(O)cc2C(C)C)c(C(C)C)cc1O. The van der Waals surface area contributed by atoms with Crippen LogP contribution >= 0.6 is 0 Å². The third-order valence-corrected chi connectivity index (χ3v) is 6.17. The predicted molar refractivity (Wildman–Crippen MR) is 126 cm³/mol. The van der Waals surface area contributed by atoms with E-state index < -0.39 is 0 Å². The largest absolute Gasteiger partial charge is 0.508 e. The normalized spacial score (nSPS) is 11.7. The number of hydrogen-bond acceptors (Lipinski definition) is 2. The molecule has 3 rings (SSSR count). The summed E-state index contributed by atoms with van der Waals surface area (Å²) in [5.74, 6) is 1.27. The fraction of sp³-hybridized carbons (Fsp3) is 0.357. The highest BCUT2D eigenvalue weighted by atomic mass is 16.3. The van der Waals surface area contributed by atoms with Gasteiger partial charge in [-0.1, -0.05) is 64.1 Å². The lowest BCUT2D eigenvalue weighted by Crippen LogP contribution is -2.13. The van der Waals surface area contributed by atoms with E-state index in [0.29, 0.717) is 11.5 Å². The summed E-state index contributed by atoms with van der Waals surface area (Å²) in [5, 5.41) is 20.9. The molecule has 0 spiro atoms. The topological polar surface area (TPSA) is 40.5 Å². The molecule has 0 aliphatic rings. The van der Waals surface area contributed by atoms with Gasteiger partial charge in [-0.3, -0.25) is 0 Å². The summed E-state index contributed by atoms with van der Waals surface area (Å²) in [6.07, 6.45) is 0. The van der Waals surface area contributed by atoms with Crippen LogP contribution in [0.2, 0.25) is 0 Å². The number of phenolic OH excluding ortho intramolecular Hbond substituents is 2. The second-order valence-corrected chi connectivity index (χ2v) is 9.13. The molecule has 3 aromatic rings. The van der Waals surface area contributed by atoms with Gasteiger partial charge in [0, 0.05) is 5.92 Å². The second-order valence-electron chi connectivity index (χ2n) is 9.13. The summed E-state index contributed by atoms with van der Waals surface area (Å²) in [5.41, 5.74) is 9.03. The van der Waals surface area contributed by atoms with Crippen LogP contribution in [0.5, 0.6) is 11.5 Å². The lowest BCUT2D eigenvalue weighted by atomic mass is 9.75. The Balaban J connectivity index is 2.44. The minimum atomic E-state index is 0.0274. The van der Waals surface area contributed by atoms with E-state index >= 15 is 0 Å². The monoisotopic (exact) mass is 402 g/mol. The van der Waals surface area contributed by atoms with E-state index in [1.54, 1.807) is 0 Å². The van der Waals surface area contributed by atoms with Crippen molar-refractivity contribution in [2.24, 2.45) is 0 Å². The first-order valence-electron chi connectivity index (χ1n) is 10.8. The highest BCUT2D eigenvalue weighted by Gasteiger charge is 2.27. The molecular weight excluding hydrogens is 368 g/mol. The minimum absolute atomic E-state index is 0.0274. The van der Waals surface area contributed by atoms with Crippen molar-refractivity contribution in [3.05, 3.63) is 93.0 Å². The molecule has 0 radical (unpaired) electrons. The Hall–Kier alpha value is -2.74. The van der Waals surface area contributed by atoms with E-state index in [1.165, 1.54) is 22.3 Å². The van der Waals surface area contributed by atoms with Crippen LogP contribution in [0.15, 0.2) is 48.5 Å². The molecular formula is C28H34O2. The van der Waals surface area contributed by atoms with Gasteiger partial charge in [-0.2, -0.15) is 0 Å². The van der Waals surface area contributed by atoms with Gasteiger partial charge in [0.1, 0.15) is 11.5 Å². The highest BCUT2D eigenvalue weighted by molar-refractivity contribution is 5.57. The van der Waals surface area contributed by atoms with Gasteiger partial charge in [0.25, 0.3) is 0 Å². The summed E-state index contributed by atoms with van der Waals surface area (Å²) >= 11 is 0. The van der Waals surface area contributed by atoms with Crippen LogP contribution in [0, 0.1) is 20.8 Å². The Kier molecular flexibility index (Phi) is 6.26. The van der Waals surface area contributed by atoms with Crippen LogP contribution in [0.1, 0.15) is 90.0 Å². The maximum Gasteiger partial charge on any atom is 0.118 e. The number of aryl methyl sites for hydroxylation is 3. The zero-order chi connectivity index (χ0) is 22.2. The Bertz CT molecular complexity index is 997. The molecule has 3 aromatic carbocycles. The molecule has 0 aliphatic carbocycles. The standard InChI is InChI=1S/C28H34O2/c1-16(2)22-14-26(29)19(6)12-24(22)28(21-11-9-8-10-18(21)5)25-13-20(7)27(30)15-23(25)17(3)4/h8-17,28-30H,1-7H3. The molecule has 158 valence electrons. The maximum absolute atomic E-state index is 10.4. The van der Waals surface area contributed by atoms with Crippen molar-refractivity contribution in [1.82, 2.24) is 0 Å². The average Bonchev–Trinajstić information content (AvgIpc) is 2.68. The smallest absolute Gasteiger partial charge is 0.118 e. The number of hydrogen-bond donors (Lipinski definition) is 2. The molecule has 0 atom stereocenters. The van der Waals surface area contributed by atoms with E-state index in [0.717, 1.165) is 22.3 Å². The van der Waals surface area contributed by atoms with Gasteiger partial charge in [0.05, 0.1) is 0 Å². The predicted octanol–water partition coefficient (Wildman–Crippen LogP) is 7.45. The Labute approximate surface area is 181 Å². The zero-order valence-corrected chi connectivity index (χ0v) is 19.2. The summed E-state index contributed by atoms with van der Waals surface area (Å²) in [6, 6.07) is 16.7. The number of phenols is 2. The van der Waals surface area contributed by atoms with Crippen molar-refractivity contribution < 1.29 is 10.2 Å². The van der Waals surface area contributed by atoms with Crippen LogP contribution in [0.25, 0.3) is 0 Å². The summed E-state index contributed by atoms with van der Waals surface area (Å²) in [7, 11) is 0. The molecule has 0 aliphatic heterocycles. The molecule has 2 N–H and O–H groups in total. The van der Waals surface area contributed by atoms with E-state index in [4.69, 9.17) is 0 Å². The van der Waals surface area contributed by atoms with Crippen molar-refractivity contribution in [2.75, 3.05) is 0 Å². The molecule has 0 fully saturated rings. The van der Waals surface area contributed by atoms with Crippen LogP contribution < -0.4 is 0 Å². The van der Waals surface area contributed by atoms with Crippen LogP contribution in [-0.2, 0) is 0 Å². The highest BCUT2D eigenvalue weighted by Crippen LogP contribution is 2.43. The number of benzene rings is 3. The van der Waals surface area contributed by atoms with Gasteiger partial charge in [-0.25, -0.2) is 0 Å². The number of aromatic hydroxyl groups is 2. The van der Waals surface area contributed by atoms with Crippen molar-refractivity contribution >= 4 is 0 Å². The van der Waals surface area contributed by atoms with E-state index in [9.17, 15) is 10.2 Å². The average molecular weight is 403 g/mol. The lowest BCUT2D eigenvalue weighted by Gasteiger charge is -2.29. The minimum Gasteiger partial charge on any atom is -0.508 e. The first-order chi connectivity index (χ1) is 14.1. The third-order valence-electron chi connectivity index (χ3n) is 6.17. The second kappa shape index (κ2) is 8.55. The van der Waals surface area contributed by atoms with E-state index in [-0.39, 0.29) is 17.8 Å². The molecule has 0 saturated heterocycles. The summed E-state index contributed by atoms with van der Waals surface area (Å²) in [6.45, 7) is 14.8. The summed E-state index contributed by atoms with van der Waals surface area (Å²) < 4.78 is 0. The number of rotatable bonds is 5. The molecule has 0 unspecified atom stereocenters. The van der Waals surface area contributed by atoms with Gasteiger partial charge >= 0.3 is 0 Å². The first kappa shape index (κ1) is 22.0. The Morgan fingerprint density at radius 2 is 0.967 bits per heavy atom. The zero-order valence-electron chi connectivity index (χ0n) is 19.2. The quantitative estimate of drug-likeness (QED) is 0.435. The van der Waals surface area contributed by atoms with E-state index in [1.807, 2.05) is 26.0 Å². The van der Waals surface area contributed by atoms with Crippen molar-refractivity contribution in [1.29, 1.82) is 0 Å². The molecule has 0 bridgehead atoms. The lowest BCUT2D eigenvalue weighted by molar-refractivity contribution is 0.469. The Morgan fingerprint density at radius 3 is 1.37 bits per heavy atom.